The van der Waals surface area contributed by atoms with Crippen molar-refractivity contribution in [3.63, 3.8) is 0 Å². The van der Waals surface area contributed by atoms with Crippen molar-refractivity contribution in [2.24, 2.45) is 5.16 Å². The number of nitrogens with zero attached hydrogens (tertiary/aromatic N) is 2. The molecule has 0 fully saturated rings. The molecule has 0 heterocycles. The van der Waals surface area contributed by atoms with Gasteiger partial charge in [0.15, 0.2) is 6.61 Å². The van der Waals surface area contributed by atoms with E-state index in [1.165, 1.54) is 18.3 Å². The van der Waals surface area contributed by atoms with Gasteiger partial charge in [-0.05, 0) is 24.3 Å². The maximum absolute atomic E-state index is 11.8. The zero-order chi connectivity index (χ0) is 17.5. The topological polar surface area (TPSA) is 74.5 Å². The number of hydrogen-bond donors (Lipinski definition) is 1. The molecule has 0 atom stereocenters. The zero-order valence-corrected chi connectivity index (χ0v) is 14.4. The second-order valence-electron chi connectivity index (χ2n) is 4.50. The lowest BCUT2D eigenvalue weighted by Gasteiger charge is -2.06. The van der Waals surface area contributed by atoms with E-state index in [9.17, 15) is 4.79 Å². The van der Waals surface area contributed by atoms with Crippen LogP contribution in [0.5, 0.6) is 0 Å². The Morgan fingerprint density at radius 1 is 1.29 bits per heavy atom. The van der Waals surface area contributed by atoms with Crippen LogP contribution in [0.3, 0.4) is 0 Å². The van der Waals surface area contributed by atoms with Crippen molar-refractivity contribution in [1.29, 1.82) is 5.26 Å². The van der Waals surface area contributed by atoms with Gasteiger partial charge in [0, 0.05) is 10.6 Å². The molecule has 0 aliphatic heterocycles. The number of halogens is 3. The van der Waals surface area contributed by atoms with Crippen molar-refractivity contribution in [3.8, 4) is 6.07 Å². The van der Waals surface area contributed by atoms with E-state index in [4.69, 9.17) is 44.9 Å². The van der Waals surface area contributed by atoms with Crippen LogP contribution in [0.15, 0.2) is 41.6 Å². The van der Waals surface area contributed by atoms with Crippen LogP contribution in [-0.4, -0.2) is 18.7 Å². The molecular weight excluding hydrogens is 373 g/mol. The van der Waals surface area contributed by atoms with Gasteiger partial charge in [0.25, 0.3) is 5.91 Å². The predicted octanol–water partition coefficient (Wildman–Crippen LogP) is 4.51. The van der Waals surface area contributed by atoms with Crippen molar-refractivity contribution in [2.75, 3.05) is 11.9 Å². The van der Waals surface area contributed by atoms with Crippen molar-refractivity contribution in [1.82, 2.24) is 0 Å². The lowest BCUT2D eigenvalue weighted by atomic mass is 10.2. The largest absolute Gasteiger partial charge is 0.386 e. The molecule has 2 aromatic rings. The summed E-state index contributed by atoms with van der Waals surface area (Å²) in [6, 6.07) is 11.6. The quantitative estimate of drug-likeness (QED) is 0.611. The standard InChI is InChI=1S/C16H10Cl3N3O2/c17-12-5-4-10(7-20)14(6-12)22-15(23)9-24-21-8-11-2-1-3-13(18)16(11)19/h1-6,8H,9H2,(H,22,23)/b21-8-. The molecule has 2 rings (SSSR count). The summed E-state index contributed by atoms with van der Waals surface area (Å²) in [5, 5.41) is 16.3. The molecule has 0 spiro atoms. The number of hydrogen-bond acceptors (Lipinski definition) is 4. The third-order valence-corrected chi connectivity index (χ3v) is 3.89. The fraction of sp³-hybridized carbons (Fsp3) is 0.0625. The summed E-state index contributed by atoms with van der Waals surface area (Å²) < 4.78 is 0. The number of carbonyl (C=O) groups is 1. The van der Waals surface area contributed by atoms with E-state index >= 15 is 0 Å². The number of oxime groups is 1. The van der Waals surface area contributed by atoms with E-state index in [0.717, 1.165) is 0 Å². The van der Waals surface area contributed by atoms with Gasteiger partial charge >= 0.3 is 0 Å². The molecular formula is C16H10Cl3N3O2. The highest BCUT2D eigenvalue weighted by Gasteiger charge is 2.08. The second kappa shape index (κ2) is 8.55. The lowest BCUT2D eigenvalue weighted by molar-refractivity contribution is -0.120. The predicted molar refractivity (Wildman–Crippen MR) is 94.8 cm³/mol. The van der Waals surface area contributed by atoms with Gasteiger partial charge < -0.3 is 10.2 Å². The number of carbonyl (C=O) groups excluding carboxylic acids is 1. The number of anilines is 1. The molecule has 1 amide bonds. The number of nitrogens with one attached hydrogen (secondary N) is 1. The normalized spacial score (nSPS) is 10.4. The first-order valence-electron chi connectivity index (χ1n) is 6.60. The first-order chi connectivity index (χ1) is 11.5. The minimum absolute atomic E-state index is 0.293. The average Bonchev–Trinajstić information content (AvgIpc) is 2.55. The highest BCUT2D eigenvalue weighted by molar-refractivity contribution is 6.43. The molecule has 8 heteroatoms. The average molecular weight is 383 g/mol. The third kappa shape index (κ3) is 4.87. The van der Waals surface area contributed by atoms with E-state index in [2.05, 4.69) is 10.5 Å². The van der Waals surface area contributed by atoms with Crippen LogP contribution < -0.4 is 5.32 Å². The summed E-state index contributed by atoms with van der Waals surface area (Å²) in [5.41, 5.74) is 1.16. The van der Waals surface area contributed by atoms with Crippen LogP contribution in [0, 0.1) is 11.3 Å². The van der Waals surface area contributed by atoms with Crippen molar-refractivity contribution in [2.45, 2.75) is 0 Å². The number of nitriles is 1. The van der Waals surface area contributed by atoms with Crippen LogP contribution in [0.1, 0.15) is 11.1 Å². The highest BCUT2D eigenvalue weighted by atomic mass is 35.5. The van der Waals surface area contributed by atoms with Crippen molar-refractivity contribution >= 4 is 52.6 Å². The lowest BCUT2D eigenvalue weighted by Crippen LogP contribution is -2.17. The van der Waals surface area contributed by atoms with E-state index in [1.54, 1.807) is 24.3 Å². The number of rotatable bonds is 5. The number of amides is 1. The van der Waals surface area contributed by atoms with Gasteiger partial charge in [-0.25, -0.2) is 0 Å². The monoisotopic (exact) mass is 381 g/mol. The first-order valence-corrected chi connectivity index (χ1v) is 7.73. The molecule has 0 saturated carbocycles. The molecule has 0 aliphatic carbocycles. The molecule has 0 aromatic heterocycles. The molecule has 0 radical (unpaired) electrons. The Kier molecular flexibility index (Phi) is 6.44. The Morgan fingerprint density at radius 2 is 2.08 bits per heavy atom. The Labute approximate surface area is 153 Å². The van der Waals surface area contributed by atoms with E-state index in [-0.39, 0.29) is 6.61 Å². The van der Waals surface area contributed by atoms with Crippen LogP contribution in [-0.2, 0) is 9.63 Å². The minimum Gasteiger partial charge on any atom is -0.386 e. The molecule has 5 nitrogen and oxygen atoms in total. The van der Waals surface area contributed by atoms with Gasteiger partial charge in [0.1, 0.15) is 6.07 Å². The summed E-state index contributed by atoms with van der Waals surface area (Å²) in [6.07, 6.45) is 1.35. The smallest absolute Gasteiger partial charge is 0.265 e. The molecule has 0 aliphatic rings. The minimum atomic E-state index is -0.483. The van der Waals surface area contributed by atoms with E-state index in [1.807, 2.05) is 6.07 Å². The van der Waals surface area contributed by atoms with Gasteiger partial charge in [0.2, 0.25) is 0 Å². The van der Waals surface area contributed by atoms with Crippen molar-refractivity contribution < 1.29 is 9.63 Å². The van der Waals surface area contributed by atoms with Crippen LogP contribution in [0.25, 0.3) is 0 Å². The van der Waals surface area contributed by atoms with Crippen LogP contribution in [0.2, 0.25) is 15.1 Å². The molecule has 1 N–H and O–H groups in total. The van der Waals surface area contributed by atoms with Gasteiger partial charge in [-0.1, -0.05) is 52.1 Å². The third-order valence-electron chi connectivity index (χ3n) is 2.82. The maximum Gasteiger partial charge on any atom is 0.265 e. The van der Waals surface area contributed by atoms with E-state index in [0.29, 0.717) is 31.9 Å². The van der Waals surface area contributed by atoms with Gasteiger partial charge in [-0.2, -0.15) is 5.26 Å². The molecule has 0 unspecified atom stereocenters. The fourth-order valence-corrected chi connectivity index (χ4v) is 2.24. The summed E-state index contributed by atoms with van der Waals surface area (Å²) >= 11 is 17.7. The molecule has 0 bridgehead atoms. The van der Waals surface area contributed by atoms with Gasteiger partial charge in [-0.15, -0.1) is 0 Å². The Morgan fingerprint density at radius 3 is 2.83 bits per heavy atom. The van der Waals surface area contributed by atoms with Gasteiger partial charge in [-0.3, -0.25) is 4.79 Å². The summed E-state index contributed by atoms with van der Waals surface area (Å²) in [4.78, 5) is 16.7. The van der Waals surface area contributed by atoms with Crippen LogP contribution in [0.4, 0.5) is 5.69 Å². The Hall–Kier alpha value is -2.26. The Balaban J connectivity index is 1.92. The highest BCUT2D eigenvalue weighted by Crippen LogP contribution is 2.24. The maximum atomic E-state index is 11.8. The molecule has 2 aromatic carbocycles. The molecule has 0 saturated heterocycles. The summed E-state index contributed by atoms with van der Waals surface area (Å²) in [6.45, 7) is -0.341. The van der Waals surface area contributed by atoms with Crippen molar-refractivity contribution in [3.05, 3.63) is 62.6 Å². The fourth-order valence-electron chi connectivity index (χ4n) is 1.71. The zero-order valence-electron chi connectivity index (χ0n) is 12.1. The van der Waals surface area contributed by atoms with Crippen LogP contribution >= 0.6 is 34.8 Å². The first kappa shape index (κ1) is 18.1. The second-order valence-corrected chi connectivity index (χ2v) is 5.72. The summed E-state index contributed by atoms with van der Waals surface area (Å²) in [5.74, 6) is -0.483. The summed E-state index contributed by atoms with van der Waals surface area (Å²) in [7, 11) is 0. The Bertz CT molecular complexity index is 832. The van der Waals surface area contributed by atoms with Gasteiger partial charge in [0.05, 0.1) is 27.5 Å². The number of benzene rings is 2. The molecule has 24 heavy (non-hydrogen) atoms. The van der Waals surface area contributed by atoms with E-state index < -0.39 is 5.91 Å². The SMILES string of the molecule is N#Cc1ccc(Cl)cc1NC(=O)CO/N=C\c1cccc(Cl)c1Cl. The molecule has 122 valence electrons.